The van der Waals surface area contributed by atoms with Crippen LogP contribution in [0, 0.1) is 0 Å². The summed E-state index contributed by atoms with van der Waals surface area (Å²) >= 11 is 0. The molecule has 6 heteroatoms. The van der Waals surface area contributed by atoms with Crippen molar-refractivity contribution in [2.45, 2.75) is 12.0 Å². The van der Waals surface area contributed by atoms with Crippen molar-refractivity contribution in [3.63, 3.8) is 0 Å². The summed E-state index contributed by atoms with van der Waals surface area (Å²) in [5.74, 6) is -0.237. The summed E-state index contributed by atoms with van der Waals surface area (Å²) < 4.78 is 5.92. The number of morpholine rings is 1. The van der Waals surface area contributed by atoms with Crippen LogP contribution < -0.4 is 0 Å². The van der Waals surface area contributed by atoms with Crippen molar-refractivity contribution >= 4 is 22.6 Å². The fraction of sp³-hybridized carbons (Fsp3) is 0.350. The Kier molecular flexibility index (Phi) is 4.20. The number of rotatable bonds is 1. The quantitative estimate of drug-likeness (QED) is 0.736. The van der Waals surface area contributed by atoms with Crippen LogP contribution in [0.4, 0.5) is 0 Å². The monoisotopic (exact) mass is 351 g/mol. The Morgan fingerprint density at radius 3 is 2.96 bits per heavy atom. The first-order valence-corrected chi connectivity index (χ1v) is 8.78. The predicted molar refractivity (Wildman–Crippen MR) is 97.7 cm³/mol. The topological polar surface area (TPSA) is 62.7 Å². The lowest BCUT2D eigenvalue weighted by Crippen LogP contribution is -2.60. The van der Waals surface area contributed by atoms with Gasteiger partial charge in [-0.1, -0.05) is 36.4 Å². The van der Waals surface area contributed by atoms with Gasteiger partial charge in [-0.25, -0.2) is 0 Å². The van der Waals surface area contributed by atoms with E-state index in [1.54, 1.807) is 23.0 Å². The summed E-state index contributed by atoms with van der Waals surface area (Å²) in [5, 5.41) is 1.80. The van der Waals surface area contributed by atoms with Crippen molar-refractivity contribution in [3.8, 4) is 0 Å². The molecule has 0 saturated carbocycles. The zero-order chi connectivity index (χ0) is 18.1. The zero-order valence-corrected chi connectivity index (χ0v) is 14.7. The van der Waals surface area contributed by atoms with Crippen LogP contribution in [0.1, 0.15) is 16.9 Å². The third kappa shape index (κ3) is 2.76. The summed E-state index contributed by atoms with van der Waals surface area (Å²) in [6, 6.07) is 9.59. The fourth-order valence-corrected chi connectivity index (χ4v) is 3.67. The summed E-state index contributed by atoms with van der Waals surface area (Å²) in [5.41, 5.74) is -0.578. The molecule has 3 heterocycles. The predicted octanol–water partition coefficient (Wildman–Crippen LogP) is 1.86. The van der Waals surface area contributed by atoms with E-state index in [1.165, 1.54) is 0 Å². The molecule has 6 nitrogen and oxygen atoms in total. The summed E-state index contributed by atoms with van der Waals surface area (Å²) in [6.45, 7) is 1.59. The van der Waals surface area contributed by atoms with E-state index in [9.17, 15) is 9.59 Å². The average Bonchev–Trinajstić information content (AvgIpc) is 2.81. The smallest absolute Gasteiger partial charge is 0.273 e. The average molecular weight is 351 g/mol. The zero-order valence-electron chi connectivity index (χ0n) is 14.7. The van der Waals surface area contributed by atoms with Gasteiger partial charge >= 0.3 is 0 Å². The highest BCUT2D eigenvalue weighted by molar-refractivity contribution is 6.05. The number of carbonyl (C=O) groups is 2. The molecule has 2 amide bonds. The van der Waals surface area contributed by atoms with Gasteiger partial charge < -0.3 is 14.5 Å². The van der Waals surface area contributed by atoms with E-state index < -0.39 is 5.60 Å². The molecule has 2 aromatic rings. The summed E-state index contributed by atoms with van der Waals surface area (Å²) in [4.78, 5) is 33.7. The van der Waals surface area contributed by atoms with Gasteiger partial charge in [-0.3, -0.25) is 14.6 Å². The molecule has 1 spiro atoms. The molecule has 134 valence electrons. The fourth-order valence-electron chi connectivity index (χ4n) is 3.67. The van der Waals surface area contributed by atoms with E-state index in [1.807, 2.05) is 42.5 Å². The molecule has 1 saturated heterocycles. The van der Waals surface area contributed by atoms with Crippen LogP contribution in [0.5, 0.6) is 0 Å². The molecule has 0 bridgehead atoms. The van der Waals surface area contributed by atoms with Crippen molar-refractivity contribution in [2.24, 2.45) is 0 Å². The van der Waals surface area contributed by atoms with E-state index in [0.29, 0.717) is 31.8 Å². The van der Waals surface area contributed by atoms with Crippen molar-refractivity contribution in [1.29, 1.82) is 0 Å². The van der Waals surface area contributed by atoms with Crippen LogP contribution >= 0.6 is 0 Å². The van der Waals surface area contributed by atoms with Crippen molar-refractivity contribution in [1.82, 2.24) is 14.8 Å². The molecule has 0 aliphatic carbocycles. The van der Waals surface area contributed by atoms with E-state index in [4.69, 9.17) is 4.74 Å². The first-order chi connectivity index (χ1) is 12.6. The Bertz CT molecular complexity index is 890. The van der Waals surface area contributed by atoms with Crippen molar-refractivity contribution in [3.05, 3.63) is 54.4 Å². The Labute approximate surface area is 152 Å². The number of hydrogen-bond acceptors (Lipinski definition) is 4. The standard InChI is InChI=1S/C20H21N3O3/c1-22-11-5-4-9-20(19(22)25)14-23(12-13-26-20)18(24)17-16-7-3-2-6-15(16)8-10-21-17/h2-8,10H,9,11-14H2,1H3. The van der Waals surface area contributed by atoms with Gasteiger partial charge in [0.1, 0.15) is 5.69 Å². The minimum Gasteiger partial charge on any atom is -0.361 e. The minimum absolute atomic E-state index is 0.0779. The lowest BCUT2D eigenvalue weighted by molar-refractivity contribution is -0.165. The third-order valence-electron chi connectivity index (χ3n) is 5.08. The van der Waals surface area contributed by atoms with Crippen LogP contribution in [0.2, 0.25) is 0 Å². The maximum Gasteiger partial charge on any atom is 0.273 e. The Balaban J connectivity index is 1.66. The van der Waals surface area contributed by atoms with Gasteiger partial charge in [-0.15, -0.1) is 0 Å². The lowest BCUT2D eigenvalue weighted by atomic mass is 9.95. The number of amides is 2. The summed E-state index contributed by atoms with van der Waals surface area (Å²) in [6.07, 6.45) is 6.05. The Morgan fingerprint density at radius 1 is 1.23 bits per heavy atom. The second-order valence-corrected chi connectivity index (χ2v) is 6.81. The molecule has 1 fully saturated rings. The van der Waals surface area contributed by atoms with Crippen LogP contribution in [0.15, 0.2) is 48.7 Å². The number of pyridine rings is 1. The maximum absolute atomic E-state index is 13.2. The molecule has 26 heavy (non-hydrogen) atoms. The van der Waals surface area contributed by atoms with Crippen LogP contribution in [-0.4, -0.2) is 65.5 Å². The molecule has 2 aliphatic heterocycles. The van der Waals surface area contributed by atoms with Gasteiger partial charge in [-0.2, -0.15) is 0 Å². The highest BCUT2D eigenvalue weighted by atomic mass is 16.5. The molecule has 1 aromatic heterocycles. The first kappa shape index (κ1) is 16.7. The van der Waals surface area contributed by atoms with Gasteiger partial charge in [0, 0.05) is 38.1 Å². The summed E-state index contributed by atoms with van der Waals surface area (Å²) in [7, 11) is 1.76. The minimum atomic E-state index is -1.000. The molecule has 1 unspecified atom stereocenters. The van der Waals surface area contributed by atoms with Crippen molar-refractivity contribution in [2.75, 3.05) is 33.3 Å². The Morgan fingerprint density at radius 2 is 2.08 bits per heavy atom. The van der Waals surface area contributed by atoms with Gasteiger partial charge in [0.25, 0.3) is 11.8 Å². The lowest BCUT2D eigenvalue weighted by Gasteiger charge is -2.42. The number of nitrogens with zero attached hydrogens (tertiary/aromatic N) is 3. The molecule has 0 N–H and O–H groups in total. The number of hydrogen-bond donors (Lipinski definition) is 0. The van der Waals surface area contributed by atoms with Crippen molar-refractivity contribution < 1.29 is 14.3 Å². The number of likely N-dealkylation sites (N-methyl/N-ethyl adjacent to an activating group) is 1. The largest absolute Gasteiger partial charge is 0.361 e. The van der Waals surface area contributed by atoms with Crippen LogP contribution in [-0.2, 0) is 9.53 Å². The molecule has 1 atom stereocenters. The molecular formula is C20H21N3O3. The maximum atomic E-state index is 13.2. The van der Waals surface area contributed by atoms with E-state index >= 15 is 0 Å². The second kappa shape index (κ2) is 6.53. The third-order valence-corrected chi connectivity index (χ3v) is 5.08. The molecule has 2 aliphatic rings. The number of carbonyl (C=O) groups excluding carboxylic acids is 2. The van der Waals surface area contributed by atoms with Gasteiger partial charge in [0.05, 0.1) is 13.2 Å². The molecule has 1 aromatic carbocycles. The van der Waals surface area contributed by atoms with E-state index in [2.05, 4.69) is 4.98 Å². The normalized spacial score (nSPS) is 23.5. The first-order valence-electron chi connectivity index (χ1n) is 8.78. The van der Waals surface area contributed by atoms with Crippen LogP contribution in [0.3, 0.4) is 0 Å². The van der Waals surface area contributed by atoms with Crippen LogP contribution in [0.25, 0.3) is 10.8 Å². The Hall–Kier alpha value is -2.73. The SMILES string of the molecule is CN1CC=CCC2(CN(C(=O)c3nccc4ccccc34)CCO2)C1=O. The van der Waals surface area contributed by atoms with Gasteiger partial charge in [-0.05, 0) is 11.5 Å². The highest BCUT2D eigenvalue weighted by Crippen LogP contribution is 2.28. The number of aromatic nitrogens is 1. The molecular weight excluding hydrogens is 330 g/mol. The number of fused-ring (bicyclic) bond motifs is 1. The number of benzene rings is 1. The molecule has 4 rings (SSSR count). The van der Waals surface area contributed by atoms with Gasteiger partial charge in [0.2, 0.25) is 0 Å². The highest BCUT2D eigenvalue weighted by Gasteiger charge is 2.46. The van der Waals surface area contributed by atoms with Gasteiger partial charge in [0.15, 0.2) is 5.60 Å². The van der Waals surface area contributed by atoms with E-state index in [0.717, 1.165) is 10.8 Å². The second-order valence-electron chi connectivity index (χ2n) is 6.81. The number of ether oxygens (including phenoxy) is 1. The van der Waals surface area contributed by atoms with E-state index in [-0.39, 0.29) is 18.4 Å². The molecule has 0 radical (unpaired) electrons.